The van der Waals surface area contributed by atoms with E-state index in [1.165, 1.54) is 0 Å². The highest BCUT2D eigenvalue weighted by Crippen LogP contribution is 2.41. The van der Waals surface area contributed by atoms with Crippen molar-refractivity contribution in [2.45, 2.75) is 13.8 Å². The standard InChI is InChI=1S/C18H15Br2N3OS/c1-9-3-5-11(6-4-9)18(24)23-17-13(19)7-12(16(21)22-17)14-10(2)8-25-15(14)20/h3-8H,1-2H3,(H3,21,22,23,24). The number of benzene rings is 1. The van der Waals surface area contributed by atoms with E-state index in [2.05, 4.69) is 47.5 Å². The van der Waals surface area contributed by atoms with Gasteiger partial charge in [0.25, 0.3) is 5.91 Å². The number of pyridine rings is 1. The van der Waals surface area contributed by atoms with Gasteiger partial charge in [0.1, 0.15) is 11.6 Å². The minimum Gasteiger partial charge on any atom is -0.383 e. The maximum atomic E-state index is 12.4. The van der Waals surface area contributed by atoms with E-state index in [0.29, 0.717) is 21.7 Å². The quantitative estimate of drug-likeness (QED) is 0.498. The summed E-state index contributed by atoms with van der Waals surface area (Å²) in [5, 5.41) is 4.86. The molecule has 3 rings (SSSR count). The van der Waals surface area contributed by atoms with Gasteiger partial charge in [0.2, 0.25) is 0 Å². The number of carbonyl (C=O) groups is 1. The van der Waals surface area contributed by atoms with Crippen LogP contribution in [0.2, 0.25) is 0 Å². The molecule has 0 unspecified atom stereocenters. The van der Waals surface area contributed by atoms with Crippen LogP contribution in [-0.4, -0.2) is 10.9 Å². The maximum absolute atomic E-state index is 12.4. The molecule has 2 aromatic heterocycles. The van der Waals surface area contributed by atoms with Crippen LogP contribution in [-0.2, 0) is 0 Å². The number of nitrogens with zero attached hydrogens (tertiary/aromatic N) is 1. The molecule has 0 saturated carbocycles. The van der Waals surface area contributed by atoms with Gasteiger partial charge in [-0.05, 0) is 74.8 Å². The molecule has 0 fully saturated rings. The van der Waals surface area contributed by atoms with Crippen molar-refractivity contribution in [2.24, 2.45) is 0 Å². The first-order valence-electron chi connectivity index (χ1n) is 7.45. The number of hydrogen-bond acceptors (Lipinski definition) is 4. The minimum absolute atomic E-state index is 0.228. The lowest BCUT2D eigenvalue weighted by atomic mass is 10.1. The Morgan fingerprint density at radius 3 is 2.48 bits per heavy atom. The molecule has 25 heavy (non-hydrogen) atoms. The van der Waals surface area contributed by atoms with Crippen LogP contribution in [0, 0.1) is 13.8 Å². The third-order valence-corrected chi connectivity index (χ3v) is 6.19. The number of hydrogen-bond donors (Lipinski definition) is 2. The molecule has 2 heterocycles. The molecule has 0 aliphatic heterocycles. The number of aryl methyl sites for hydroxylation is 2. The number of amides is 1. The number of nitrogens with one attached hydrogen (secondary N) is 1. The van der Waals surface area contributed by atoms with E-state index in [1.54, 1.807) is 23.5 Å². The number of rotatable bonds is 3. The summed E-state index contributed by atoms with van der Waals surface area (Å²) in [5.41, 5.74) is 10.8. The van der Waals surface area contributed by atoms with Crippen LogP contribution < -0.4 is 11.1 Å². The lowest BCUT2D eigenvalue weighted by Crippen LogP contribution is -2.14. The summed E-state index contributed by atoms with van der Waals surface area (Å²) in [5.74, 6) is 0.536. The van der Waals surface area contributed by atoms with Crippen LogP contribution in [0.1, 0.15) is 21.5 Å². The van der Waals surface area contributed by atoms with Crippen molar-refractivity contribution in [1.82, 2.24) is 4.98 Å². The summed E-state index contributed by atoms with van der Waals surface area (Å²) in [6.07, 6.45) is 0. The van der Waals surface area contributed by atoms with Crippen LogP contribution in [0.5, 0.6) is 0 Å². The normalized spacial score (nSPS) is 10.7. The molecule has 0 saturated heterocycles. The number of nitrogen functional groups attached to an aromatic ring is 1. The summed E-state index contributed by atoms with van der Waals surface area (Å²) < 4.78 is 1.68. The molecule has 7 heteroatoms. The third kappa shape index (κ3) is 3.78. The Labute approximate surface area is 166 Å². The molecule has 0 bridgehead atoms. The number of aromatic nitrogens is 1. The maximum Gasteiger partial charge on any atom is 0.256 e. The van der Waals surface area contributed by atoms with Crippen molar-refractivity contribution >= 4 is 60.7 Å². The van der Waals surface area contributed by atoms with E-state index in [4.69, 9.17) is 5.73 Å². The van der Waals surface area contributed by atoms with Gasteiger partial charge in [0.05, 0.1) is 8.26 Å². The van der Waals surface area contributed by atoms with Gasteiger partial charge in [-0.3, -0.25) is 4.79 Å². The van der Waals surface area contributed by atoms with Gasteiger partial charge in [0, 0.05) is 16.7 Å². The van der Waals surface area contributed by atoms with Crippen molar-refractivity contribution in [2.75, 3.05) is 11.1 Å². The summed E-state index contributed by atoms with van der Waals surface area (Å²) >= 11 is 8.64. The van der Waals surface area contributed by atoms with Gasteiger partial charge in [-0.2, -0.15) is 0 Å². The number of nitrogens with two attached hydrogens (primary N) is 1. The highest BCUT2D eigenvalue weighted by Gasteiger charge is 2.17. The largest absolute Gasteiger partial charge is 0.383 e. The lowest BCUT2D eigenvalue weighted by molar-refractivity contribution is 0.102. The Kier molecular flexibility index (Phi) is 5.27. The monoisotopic (exact) mass is 479 g/mol. The first kappa shape index (κ1) is 18.1. The average Bonchev–Trinajstić information content (AvgIpc) is 2.90. The van der Waals surface area contributed by atoms with Crippen LogP contribution in [0.25, 0.3) is 11.1 Å². The molecular weight excluding hydrogens is 466 g/mol. The number of carbonyl (C=O) groups excluding carboxylic acids is 1. The lowest BCUT2D eigenvalue weighted by Gasteiger charge is -2.12. The van der Waals surface area contributed by atoms with Crippen molar-refractivity contribution in [1.29, 1.82) is 0 Å². The predicted molar refractivity (Wildman–Crippen MR) is 111 cm³/mol. The van der Waals surface area contributed by atoms with E-state index in [1.807, 2.05) is 32.0 Å². The Morgan fingerprint density at radius 1 is 1.20 bits per heavy atom. The van der Waals surface area contributed by atoms with Crippen molar-refractivity contribution in [3.05, 3.63) is 60.7 Å². The number of anilines is 2. The van der Waals surface area contributed by atoms with Gasteiger partial charge in [-0.15, -0.1) is 11.3 Å². The molecule has 1 aromatic carbocycles. The Morgan fingerprint density at radius 2 is 1.88 bits per heavy atom. The molecule has 4 nitrogen and oxygen atoms in total. The first-order valence-corrected chi connectivity index (χ1v) is 9.91. The highest BCUT2D eigenvalue weighted by atomic mass is 79.9. The second-order valence-electron chi connectivity index (χ2n) is 5.64. The molecule has 0 atom stereocenters. The molecule has 0 spiro atoms. The van der Waals surface area contributed by atoms with Crippen LogP contribution in [0.3, 0.4) is 0 Å². The van der Waals surface area contributed by atoms with E-state index < -0.39 is 0 Å². The second-order valence-corrected chi connectivity index (χ2v) is 8.69. The topological polar surface area (TPSA) is 68.0 Å². The highest BCUT2D eigenvalue weighted by molar-refractivity contribution is 9.11. The van der Waals surface area contributed by atoms with E-state index in [9.17, 15) is 4.79 Å². The molecule has 3 N–H and O–H groups in total. The van der Waals surface area contributed by atoms with Crippen molar-refractivity contribution in [3.63, 3.8) is 0 Å². The van der Waals surface area contributed by atoms with Gasteiger partial charge in [-0.1, -0.05) is 17.7 Å². The zero-order valence-corrected chi connectivity index (χ0v) is 17.5. The summed E-state index contributed by atoms with van der Waals surface area (Å²) in [7, 11) is 0. The molecule has 0 radical (unpaired) electrons. The van der Waals surface area contributed by atoms with E-state index in [-0.39, 0.29) is 5.91 Å². The smallest absolute Gasteiger partial charge is 0.256 e. The first-order chi connectivity index (χ1) is 11.9. The predicted octanol–water partition coefficient (Wildman–Crippen LogP) is 5.79. The van der Waals surface area contributed by atoms with Crippen LogP contribution >= 0.6 is 43.2 Å². The fraction of sp³-hybridized carbons (Fsp3) is 0.111. The van der Waals surface area contributed by atoms with Crippen LogP contribution in [0.4, 0.5) is 11.6 Å². The molecule has 128 valence electrons. The summed E-state index contributed by atoms with van der Waals surface area (Å²) in [6, 6.07) is 9.23. The van der Waals surface area contributed by atoms with E-state index >= 15 is 0 Å². The third-order valence-electron chi connectivity index (χ3n) is 3.75. The van der Waals surface area contributed by atoms with Gasteiger partial charge in [-0.25, -0.2) is 4.98 Å². The fourth-order valence-corrected chi connectivity index (χ4v) is 4.42. The van der Waals surface area contributed by atoms with E-state index in [0.717, 1.165) is 26.0 Å². The summed E-state index contributed by atoms with van der Waals surface area (Å²) in [4.78, 5) is 16.8. The Bertz CT molecular complexity index is 932. The van der Waals surface area contributed by atoms with Gasteiger partial charge in [0.15, 0.2) is 0 Å². The number of thiophene rings is 1. The molecule has 1 amide bonds. The van der Waals surface area contributed by atoms with Gasteiger partial charge < -0.3 is 11.1 Å². The molecule has 0 aliphatic rings. The Balaban J connectivity index is 1.93. The van der Waals surface area contributed by atoms with Crippen molar-refractivity contribution < 1.29 is 4.79 Å². The zero-order valence-electron chi connectivity index (χ0n) is 13.6. The number of halogens is 2. The molecule has 3 aromatic rings. The average molecular weight is 481 g/mol. The molecule has 0 aliphatic carbocycles. The fourth-order valence-electron chi connectivity index (χ4n) is 2.41. The second kappa shape index (κ2) is 7.27. The summed E-state index contributed by atoms with van der Waals surface area (Å²) in [6.45, 7) is 4.00. The van der Waals surface area contributed by atoms with Crippen molar-refractivity contribution in [3.8, 4) is 11.1 Å². The Hall–Kier alpha value is -1.70. The zero-order chi connectivity index (χ0) is 18.1. The molecular formula is C18H15Br2N3OS. The SMILES string of the molecule is Cc1ccc(C(=O)Nc2nc(N)c(-c3c(C)csc3Br)cc2Br)cc1. The van der Waals surface area contributed by atoms with Crippen LogP contribution in [0.15, 0.2) is 44.0 Å². The minimum atomic E-state index is -0.228. The van der Waals surface area contributed by atoms with Gasteiger partial charge >= 0.3 is 0 Å².